The molecule has 3 fully saturated rings. The maximum absolute atomic E-state index is 14.2. The Bertz CT molecular complexity index is 890. The van der Waals surface area contributed by atoms with Crippen LogP contribution in [0.5, 0.6) is 0 Å². The molecule has 142 valence electrons. The van der Waals surface area contributed by atoms with Crippen molar-refractivity contribution in [3.63, 3.8) is 0 Å². The summed E-state index contributed by atoms with van der Waals surface area (Å²) in [5.74, 6) is 1.09. The molecule has 1 aliphatic heterocycles. The molecule has 0 N–H and O–H groups in total. The van der Waals surface area contributed by atoms with Crippen molar-refractivity contribution < 1.29 is 9.18 Å². The molecule has 1 atom stereocenters. The van der Waals surface area contributed by atoms with Gasteiger partial charge in [0.2, 0.25) is 0 Å². The minimum atomic E-state index is -0.521. The van der Waals surface area contributed by atoms with E-state index >= 15 is 0 Å². The summed E-state index contributed by atoms with van der Waals surface area (Å²) in [4.78, 5) is 14.8. The van der Waals surface area contributed by atoms with Crippen molar-refractivity contribution in [3.05, 3.63) is 46.8 Å². The smallest absolute Gasteiger partial charge is 0.256 e. The van der Waals surface area contributed by atoms with Crippen LogP contribution in [0.15, 0.2) is 24.5 Å². The molecule has 5 nitrogen and oxygen atoms in total. The topological polar surface area (TPSA) is 51.0 Å². The molecule has 1 unspecified atom stereocenters. The molecule has 5 rings (SSSR count). The van der Waals surface area contributed by atoms with Crippen molar-refractivity contribution in [2.45, 2.75) is 44.6 Å². The Hall–Kier alpha value is -1.95. The van der Waals surface area contributed by atoms with Crippen LogP contribution in [-0.4, -0.2) is 38.7 Å². The van der Waals surface area contributed by atoms with E-state index in [1.807, 2.05) is 6.33 Å². The zero-order valence-corrected chi connectivity index (χ0v) is 15.8. The molecule has 1 aromatic heterocycles. The number of halogens is 2. The fourth-order valence-electron chi connectivity index (χ4n) is 4.70. The van der Waals surface area contributed by atoms with E-state index in [4.69, 9.17) is 11.6 Å². The van der Waals surface area contributed by atoms with Gasteiger partial charge in [0, 0.05) is 30.6 Å². The third kappa shape index (κ3) is 2.94. The van der Waals surface area contributed by atoms with Crippen molar-refractivity contribution in [2.24, 2.45) is 11.3 Å². The molecule has 27 heavy (non-hydrogen) atoms. The molecule has 1 amide bonds. The summed E-state index contributed by atoms with van der Waals surface area (Å²) in [7, 11) is 0. The van der Waals surface area contributed by atoms with Crippen LogP contribution in [0.3, 0.4) is 0 Å². The standard InChI is InChI=1S/C20H22ClFN4O/c21-14-4-5-17(22)15(8-14)19(27)25-10-16(20(11-25)6-1-7-20)18-24-23-12-26(18)9-13-2-3-13/h4-5,8,12-13,16H,1-3,6-7,9-11H2. The summed E-state index contributed by atoms with van der Waals surface area (Å²) in [5, 5.41) is 8.96. The first-order valence-electron chi connectivity index (χ1n) is 9.68. The predicted octanol–water partition coefficient (Wildman–Crippen LogP) is 3.89. The van der Waals surface area contributed by atoms with Crippen LogP contribution < -0.4 is 0 Å². The van der Waals surface area contributed by atoms with E-state index in [1.165, 1.54) is 37.5 Å². The first-order valence-corrected chi connectivity index (χ1v) is 10.1. The van der Waals surface area contributed by atoms with Crippen LogP contribution in [0.25, 0.3) is 0 Å². The second-order valence-electron chi connectivity index (χ2n) is 8.36. The van der Waals surface area contributed by atoms with Crippen LogP contribution in [-0.2, 0) is 6.54 Å². The SMILES string of the molecule is O=C(c1cc(Cl)ccc1F)N1CC(c2nncn2CC2CC2)C2(CCC2)C1. The Kier molecular flexibility index (Phi) is 4.00. The zero-order chi connectivity index (χ0) is 18.6. The molecule has 2 aromatic rings. The van der Waals surface area contributed by atoms with Gasteiger partial charge in [0.25, 0.3) is 5.91 Å². The maximum atomic E-state index is 14.2. The second kappa shape index (κ2) is 6.30. The van der Waals surface area contributed by atoms with Crippen LogP contribution in [0, 0.1) is 17.2 Å². The van der Waals surface area contributed by atoms with Gasteiger partial charge in [0.1, 0.15) is 18.0 Å². The number of rotatable bonds is 4. The number of likely N-dealkylation sites (tertiary alicyclic amines) is 1. The van der Waals surface area contributed by atoms with Gasteiger partial charge in [-0.1, -0.05) is 18.0 Å². The summed E-state index contributed by atoms with van der Waals surface area (Å²) in [5.41, 5.74) is 0.107. The van der Waals surface area contributed by atoms with E-state index in [0.717, 1.165) is 31.1 Å². The van der Waals surface area contributed by atoms with E-state index in [9.17, 15) is 9.18 Å². The maximum Gasteiger partial charge on any atom is 0.256 e. The van der Waals surface area contributed by atoms with Crippen molar-refractivity contribution in [3.8, 4) is 0 Å². The number of carbonyl (C=O) groups is 1. The number of nitrogens with zero attached hydrogens (tertiary/aromatic N) is 4. The van der Waals surface area contributed by atoms with Gasteiger partial charge in [-0.2, -0.15) is 0 Å². The fourth-order valence-corrected chi connectivity index (χ4v) is 4.87. The molecule has 7 heteroatoms. The van der Waals surface area contributed by atoms with Crippen LogP contribution in [0.1, 0.15) is 54.2 Å². The number of amides is 1. The summed E-state index contributed by atoms with van der Waals surface area (Å²) in [6.45, 7) is 2.18. The lowest BCUT2D eigenvalue weighted by Gasteiger charge is -2.42. The average Bonchev–Trinajstić information content (AvgIpc) is 3.16. The van der Waals surface area contributed by atoms with Crippen LogP contribution in [0.2, 0.25) is 5.02 Å². The van der Waals surface area contributed by atoms with Crippen molar-refractivity contribution >= 4 is 17.5 Å². The van der Waals surface area contributed by atoms with E-state index in [1.54, 1.807) is 4.90 Å². The molecule has 2 aliphatic carbocycles. The molecular weight excluding hydrogens is 367 g/mol. The van der Waals surface area contributed by atoms with Gasteiger partial charge in [0.05, 0.1) is 5.56 Å². The third-order valence-electron chi connectivity index (χ3n) is 6.55. The molecule has 0 radical (unpaired) electrons. The Labute approximate surface area is 162 Å². The molecule has 2 saturated carbocycles. The second-order valence-corrected chi connectivity index (χ2v) is 8.80. The summed E-state index contributed by atoms with van der Waals surface area (Å²) >= 11 is 5.99. The van der Waals surface area contributed by atoms with E-state index < -0.39 is 5.82 Å². The molecule has 2 heterocycles. The third-order valence-corrected chi connectivity index (χ3v) is 6.79. The van der Waals surface area contributed by atoms with E-state index in [-0.39, 0.29) is 22.8 Å². The molecule has 1 spiro atoms. The number of aromatic nitrogens is 3. The highest BCUT2D eigenvalue weighted by Gasteiger charge is 2.54. The minimum Gasteiger partial charge on any atom is -0.337 e. The number of hydrogen-bond donors (Lipinski definition) is 0. The largest absolute Gasteiger partial charge is 0.337 e. The highest BCUT2D eigenvalue weighted by Crippen LogP contribution is 2.55. The molecule has 3 aliphatic rings. The summed E-state index contributed by atoms with van der Waals surface area (Å²) in [6.07, 6.45) is 7.69. The molecule has 0 bridgehead atoms. The van der Waals surface area contributed by atoms with Crippen molar-refractivity contribution in [1.82, 2.24) is 19.7 Å². The zero-order valence-electron chi connectivity index (χ0n) is 15.1. The fraction of sp³-hybridized carbons (Fsp3) is 0.550. The van der Waals surface area contributed by atoms with Crippen molar-refractivity contribution in [1.29, 1.82) is 0 Å². The van der Waals surface area contributed by atoms with Gasteiger partial charge in [0.15, 0.2) is 0 Å². The lowest BCUT2D eigenvalue weighted by atomic mass is 9.62. The lowest BCUT2D eigenvalue weighted by Crippen LogP contribution is -2.38. The number of hydrogen-bond acceptors (Lipinski definition) is 3. The number of benzene rings is 1. The van der Waals surface area contributed by atoms with Gasteiger partial charge in [-0.25, -0.2) is 4.39 Å². The van der Waals surface area contributed by atoms with Gasteiger partial charge in [-0.3, -0.25) is 4.79 Å². The first kappa shape index (κ1) is 17.2. The molecule has 1 saturated heterocycles. The predicted molar refractivity (Wildman–Crippen MR) is 99.1 cm³/mol. The monoisotopic (exact) mass is 388 g/mol. The van der Waals surface area contributed by atoms with E-state index in [2.05, 4.69) is 14.8 Å². The first-order chi connectivity index (χ1) is 13.1. The number of carbonyl (C=O) groups excluding carboxylic acids is 1. The van der Waals surface area contributed by atoms with Crippen molar-refractivity contribution in [2.75, 3.05) is 13.1 Å². The normalized spacial score (nSPS) is 23.6. The van der Waals surface area contributed by atoms with Gasteiger partial charge in [-0.15, -0.1) is 10.2 Å². The Morgan fingerprint density at radius 1 is 1.33 bits per heavy atom. The highest BCUT2D eigenvalue weighted by atomic mass is 35.5. The minimum absolute atomic E-state index is 0.0528. The highest BCUT2D eigenvalue weighted by molar-refractivity contribution is 6.31. The Balaban J connectivity index is 1.43. The lowest BCUT2D eigenvalue weighted by molar-refractivity contribution is 0.0719. The summed E-state index contributed by atoms with van der Waals surface area (Å²) < 4.78 is 16.4. The summed E-state index contributed by atoms with van der Waals surface area (Å²) in [6, 6.07) is 4.15. The molecule has 1 aromatic carbocycles. The Morgan fingerprint density at radius 2 is 2.15 bits per heavy atom. The van der Waals surface area contributed by atoms with Gasteiger partial charge >= 0.3 is 0 Å². The Morgan fingerprint density at radius 3 is 2.85 bits per heavy atom. The van der Waals surface area contributed by atoms with Crippen LogP contribution in [0.4, 0.5) is 4.39 Å². The van der Waals surface area contributed by atoms with Gasteiger partial charge < -0.3 is 9.47 Å². The van der Waals surface area contributed by atoms with Gasteiger partial charge in [-0.05, 0) is 55.2 Å². The quantitative estimate of drug-likeness (QED) is 0.798. The van der Waals surface area contributed by atoms with Crippen LogP contribution >= 0.6 is 11.6 Å². The average molecular weight is 389 g/mol. The molecular formula is C20H22ClFN4O. The van der Waals surface area contributed by atoms with E-state index in [0.29, 0.717) is 18.1 Å².